The Morgan fingerprint density at radius 3 is 2.71 bits per heavy atom. The number of hydrogen-bond acceptors (Lipinski definition) is 5. The van der Waals surface area contributed by atoms with Crippen molar-refractivity contribution < 1.29 is 4.74 Å². The summed E-state index contributed by atoms with van der Waals surface area (Å²) in [5.41, 5.74) is 1.05. The molecule has 2 aromatic heterocycles. The Kier molecular flexibility index (Phi) is 3.54. The Hall–Kier alpha value is -2.11. The molecule has 0 aliphatic carbocycles. The molecule has 0 radical (unpaired) electrons. The molecule has 1 N–H and O–H groups in total. The van der Waals surface area contributed by atoms with Gasteiger partial charge in [0.15, 0.2) is 5.75 Å². The fraction of sp³-hybridized carbons (Fsp3) is 0.364. The van der Waals surface area contributed by atoms with Gasteiger partial charge in [0.2, 0.25) is 5.95 Å². The highest BCUT2D eigenvalue weighted by Crippen LogP contribution is 2.07. The van der Waals surface area contributed by atoms with Crippen LogP contribution in [0.1, 0.15) is 5.69 Å². The number of aryl methyl sites for hydroxylation is 1. The summed E-state index contributed by atoms with van der Waals surface area (Å²) in [7, 11) is 3.50. The molecule has 6 nitrogen and oxygen atoms in total. The van der Waals surface area contributed by atoms with Crippen molar-refractivity contribution in [2.24, 2.45) is 7.05 Å². The Morgan fingerprint density at radius 1 is 1.35 bits per heavy atom. The third-order valence-electron chi connectivity index (χ3n) is 2.30. The molecule has 0 saturated carbocycles. The summed E-state index contributed by atoms with van der Waals surface area (Å²) in [6, 6.07) is 2.00. The first kappa shape index (κ1) is 11.4. The maximum absolute atomic E-state index is 4.98. The number of ether oxygens (including phenoxy) is 1. The highest BCUT2D eigenvalue weighted by atomic mass is 16.5. The maximum Gasteiger partial charge on any atom is 0.222 e. The van der Waals surface area contributed by atoms with Gasteiger partial charge in [-0.05, 0) is 6.07 Å². The molecule has 6 heteroatoms. The topological polar surface area (TPSA) is 64.9 Å². The molecule has 90 valence electrons. The Bertz CT molecular complexity index is 465. The molecular formula is C11H15N5O. The predicted molar refractivity (Wildman–Crippen MR) is 64.0 cm³/mol. The smallest absolute Gasteiger partial charge is 0.222 e. The van der Waals surface area contributed by atoms with E-state index in [1.54, 1.807) is 24.2 Å². The van der Waals surface area contributed by atoms with E-state index in [-0.39, 0.29) is 0 Å². The second-order valence-corrected chi connectivity index (χ2v) is 3.60. The van der Waals surface area contributed by atoms with Crippen LogP contribution in [0, 0.1) is 0 Å². The van der Waals surface area contributed by atoms with Gasteiger partial charge in [-0.15, -0.1) is 0 Å². The summed E-state index contributed by atoms with van der Waals surface area (Å²) in [6.07, 6.45) is 6.04. The van der Waals surface area contributed by atoms with Gasteiger partial charge in [-0.1, -0.05) is 0 Å². The monoisotopic (exact) mass is 233 g/mol. The van der Waals surface area contributed by atoms with E-state index in [1.165, 1.54) is 0 Å². The molecule has 2 rings (SSSR count). The van der Waals surface area contributed by atoms with Crippen molar-refractivity contribution in [1.82, 2.24) is 19.7 Å². The molecule has 0 aliphatic heterocycles. The van der Waals surface area contributed by atoms with E-state index >= 15 is 0 Å². The molecule has 17 heavy (non-hydrogen) atoms. The molecule has 0 atom stereocenters. The lowest BCUT2D eigenvalue weighted by Gasteiger charge is -2.03. The normalized spacial score (nSPS) is 10.2. The first-order valence-corrected chi connectivity index (χ1v) is 5.36. The summed E-state index contributed by atoms with van der Waals surface area (Å²) >= 11 is 0. The Balaban J connectivity index is 1.81. The van der Waals surface area contributed by atoms with E-state index in [0.29, 0.717) is 11.7 Å². The Labute approximate surface area is 99.7 Å². The number of rotatable bonds is 5. The highest BCUT2D eigenvalue weighted by molar-refractivity contribution is 5.27. The van der Waals surface area contributed by atoms with Crippen molar-refractivity contribution in [1.29, 1.82) is 0 Å². The zero-order chi connectivity index (χ0) is 12.1. The first-order valence-electron chi connectivity index (χ1n) is 5.36. The standard InChI is InChI=1S/C11H15N5O/c1-16-6-4-9(15-16)3-5-12-11-13-7-10(17-2)8-14-11/h4,6-8H,3,5H2,1-2H3,(H,12,13,14). The molecule has 0 bridgehead atoms. The van der Waals surface area contributed by atoms with Crippen LogP contribution in [0.4, 0.5) is 5.95 Å². The summed E-state index contributed by atoms with van der Waals surface area (Å²) < 4.78 is 6.77. The molecule has 0 fully saturated rings. The average Bonchev–Trinajstić information content (AvgIpc) is 2.76. The first-order chi connectivity index (χ1) is 8.28. The van der Waals surface area contributed by atoms with E-state index in [4.69, 9.17) is 4.74 Å². The number of aromatic nitrogens is 4. The molecule has 0 aliphatic rings. The lowest BCUT2D eigenvalue weighted by atomic mass is 10.3. The van der Waals surface area contributed by atoms with Crippen LogP contribution < -0.4 is 10.1 Å². The number of hydrogen-bond donors (Lipinski definition) is 1. The van der Waals surface area contributed by atoms with Gasteiger partial charge in [-0.2, -0.15) is 5.10 Å². The van der Waals surface area contributed by atoms with Crippen LogP contribution in [0.5, 0.6) is 5.75 Å². The fourth-order valence-corrected chi connectivity index (χ4v) is 1.41. The molecule has 0 unspecified atom stereocenters. The van der Waals surface area contributed by atoms with E-state index in [9.17, 15) is 0 Å². The minimum Gasteiger partial charge on any atom is -0.494 e. The summed E-state index contributed by atoms with van der Waals surface area (Å²) in [5.74, 6) is 1.25. The van der Waals surface area contributed by atoms with Crippen molar-refractivity contribution >= 4 is 5.95 Å². The van der Waals surface area contributed by atoms with Gasteiger partial charge in [0.1, 0.15) is 0 Å². The molecule has 2 aromatic rings. The third kappa shape index (κ3) is 3.17. The lowest BCUT2D eigenvalue weighted by molar-refractivity contribution is 0.411. The van der Waals surface area contributed by atoms with Crippen molar-refractivity contribution in [2.45, 2.75) is 6.42 Å². The van der Waals surface area contributed by atoms with E-state index in [1.807, 2.05) is 19.3 Å². The van der Waals surface area contributed by atoms with Gasteiger partial charge >= 0.3 is 0 Å². The van der Waals surface area contributed by atoms with E-state index in [2.05, 4.69) is 20.4 Å². The van der Waals surface area contributed by atoms with Crippen molar-refractivity contribution in [2.75, 3.05) is 19.0 Å². The van der Waals surface area contributed by atoms with E-state index < -0.39 is 0 Å². The van der Waals surface area contributed by atoms with Gasteiger partial charge in [-0.25, -0.2) is 9.97 Å². The predicted octanol–water partition coefficient (Wildman–Crippen LogP) is 0.873. The largest absolute Gasteiger partial charge is 0.494 e. The summed E-state index contributed by atoms with van der Waals surface area (Å²) in [6.45, 7) is 0.753. The van der Waals surface area contributed by atoms with E-state index in [0.717, 1.165) is 18.7 Å². The number of nitrogens with one attached hydrogen (secondary N) is 1. The van der Waals surface area contributed by atoms with Crippen molar-refractivity contribution in [3.8, 4) is 5.75 Å². The fourth-order valence-electron chi connectivity index (χ4n) is 1.41. The maximum atomic E-state index is 4.98. The number of anilines is 1. The molecule has 0 amide bonds. The second-order valence-electron chi connectivity index (χ2n) is 3.60. The van der Waals surface area contributed by atoms with Crippen LogP contribution in [0.15, 0.2) is 24.7 Å². The van der Waals surface area contributed by atoms with Gasteiger partial charge in [-0.3, -0.25) is 4.68 Å². The van der Waals surface area contributed by atoms with Crippen molar-refractivity contribution in [3.63, 3.8) is 0 Å². The molecule has 2 heterocycles. The minimum atomic E-state index is 0.599. The Morgan fingerprint density at radius 2 is 2.12 bits per heavy atom. The summed E-state index contributed by atoms with van der Waals surface area (Å²) in [5, 5.41) is 7.41. The van der Waals surface area contributed by atoms with Crippen molar-refractivity contribution in [3.05, 3.63) is 30.4 Å². The average molecular weight is 233 g/mol. The minimum absolute atomic E-state index is 0.599. The number of methoxy groups -OCH3 is 1. The second kappa shape index (κ2) is 5.29. The van der Waals surface area contributed by atoms with Crippen LogP contribution in [0.2, 0.25) is 0 Å². The third-order valence-corrected chi connectivity index (χ3v) is 2.30. The summed E-state index contributed by atoms with van der Waals surface area (Å²) in [4.78, 5) is 8.23. The molecule has 0 aromatic carbocycles. The SMILES string of the molecule is COc1cnc(NCCc2ccn(C)n2)nc1. The van der Waals surface area contributed by atoms with Crippen LogP contribution in [-0.4, -0.2) is 33.4 Å². The molecule has 0 spiro atoms. The quantitative estimate of drug-likeness (QED) is 0.830. The zero-order valence-corrected chi connectivity index (χ0v) is 9.92. The number of nitrogens with zero attached hydrogens (tertiary/aromatic N) is 4. The van der Waals surface area contributed by atoms with Crippen LogP contribution in [0.25, 0.3) is 0 Å². The lowest BCUT2D eigenvalue weighted by Crippen LogP contribution is -2.08. The van der Waals surface area contributed by atoms with Gasteiger partial charge in [0.25, 0.3) is 0 Å². The highest BCUT2D eigenvalue weighted by Gasteiger charge is 1.99. The van der Waals surface area contributed by atoms with Crippen LogP contribution in [-0.2, 0) is 13.5 Å². The van der Waals surface area contributed by atoms with Gasteiger partial charge in [0, 0.05) is 26.2 Å². The van der Waals surface area contributed by atoms with Gasteiger partial charge in [0.05, 0.1) is 25.2 Å². The van der Waals surface area contributed by atoms with Gasteiger partial charge < -0.3 is 10.1 Å². The molecule has 0 saturated heterocycles. The molecular weight excluding hydrogens is 218 g/mol. The van der Waals surface area contributed by atoms with Crippen LogP contribution in [0.3, 0.4) is 0 Å². The zero-order valence-electron chi connectivity index (χ0n) is 9.92. The van der Waals surface area contributed by atoms with Crippen LogP contribution >= 0.6 is 0 Å².